The number of benzene rings is 1. The van der Waals surface area contributed by atoms with Gasteiger partial charge in [0.15, 0.2) is 6.10 Å². The predicted octanol–water partition coefficient (Wildman–Crippen LogP) is 1.66. The van der Waals surface area contributed by atoms with E-state index in [1.54, 1.807) is 13.0 Å². The van der Waals surface area contributed by atoms with Crippen molar-refractivity contribution >= 4 is 17.6 Å². The van der Waals surface area contributed by atoms with Gasteiger partial charge in [-0.2, -0.15) is 0 Å². The van der Waals surface area contributed by atoms with E-state index in [1.807, 2.05) is 32.2 Å². The van der Waals surface area contributed by atoms with Crippen LogP contribution in [-0.4, -0.2) is 18.0 Å². The molecule has 0 radical (unpaired) electrons. The molecule has 6 nitrogen and oxygen atoms in total. The second-order valence-corrected chi connectivity index (χ2v) is 5.01. The Morgan fingerprint density at radius 2 is 1.85 bits per heavy atom. The Hall–Kier alpha value is -2.24. The van der Waals surface area contributed by atoms with Crippen LogP contribution in [0.1, 0.15) is 37.8 Å². The topological polar surface area (TPSA) is 107 Å². The zero-order valence-corrected chi connectivity index (χ0v) is 12.2. The number of anilines is 1. The fourth-order valence-corrected chi connectivity index (χ4v) is 1.74. The summed E-state index contributed by atoms with van der Waals surface area (Å²) >= 11 is 0. The van der Waals surface area contributed by atoms with Gasteiger partial charge in [0.25, 0.3) is 5.91 Å². The van der Waals surface area contributed by atoms with Crippen molar-refractivity contribution in [2.24, 2.45) is 5.73 Å². The van der Waals surface area contributed by atoms with E-state index in [0.717, 1.165) is 11.1 Å². The van der Waals surface area contributed by atoms with Crippen LogP contribution >= 0.6 is 0 Å². The Labute approximate surface area is 118 Å². The van der Waals surface area contributed by atoms with Crippen LogP contribution in [0, 0.1) is 6.92 Å². The lowest BCUT2D eigenvalue weighted by molar-refractivity contribution is -0.126. The summed E-state index contributed by atoms with van der Waals surface area (Å²) in [6.45, 7) is 7.42. The highest BCUT2D eigenvalue weighted by atomic mass is 16.5. The molecule has 0 aliphatic carbocycles. The quantitative estimate of drug-likeness (QED) is 0.728. The van der Waals surface area contributed by atoms with Crippen molar-refractivity contribution in [3.8, 4) is 5.75 Å². The number of rotatable bonds is 4. The zero-order valence-electron chi connectivity index (χ0n) is 12.2. The number of hydrogen-bond acceptors (Lipinski definition) is 4. The van der Waals surface area contributed by atoms with E-state index in [-0.39, 0.29) is 5.92 Å². The smallest absolute Gasteiger partial charge is 0.318 e. The molecule has 0 saturated carbocycles. The molecular formula is C14H21N3O3. The average Bonchev–Trinajstić information content (AvgIpc) is 2.32. The summed E-state index contributed by atoms with van der Waals surface area (Å²) in [6, 6.07) is 2.73. The lowest BCUT2D eigenvalue weighted by Crippen LogP contribution is -2.42. The van der Waals surface area contributed by atoms with Crippen molar-refractivity contribution < 1.29 is 14.3 Å². The third-order valence-electron chi connectivity index (χ3n) is 2.94. The number of nitrogens with two attached hydrogens (primary N) is 2. The lowest BCUT2D eigenvalue weighted by Gasteiger charge is -2.19. The van der Waals surface area contributed by atoms with E-state index < -0.39 is 18.0 Å². The molecule has 1 aromatic rings. The third-order valence-corrected chi connectivity index (χ3v) is 2.94. The molecule has 6 heteroatoms. The maximum absolute atomic E-state index is 11.6. The molecule has 3 amide bonds. The number of hydrogen-bond donors (Lipinski definition) is 3. The Morgan fingerprint density at radius 3 is 2.35 bits per heavy atom. The molecule has 0 aliphatic rings. The number of carbonyl (C=O) groups excluding carboxylic acids is 2. The number of primary amides is 1. The average molecular weight is 279 g/mol. The number of nitrogen functional groups attached to an aromatic ring is 1. The van der Waals surface area contributed by atoms with Gasteiger partial charge in [0.05, 0.1) is 0 Å². The normalized spacial score (nSPS) is 12.1. The van der Waals surface area contributed by atoms with Gasteiger partial charge >= 0.3 is 6.03 Å². The largest absolute Gasteiger partial charge is 0.481 e. The molecule has 1 rings (SSSR count). The first-order chi connectivity index (χ1) is 9.22. The minimum absolute atomic E-state index is 0.194. The molecule has 0 aromatic heterocycles. The minimum Gasteiger partial charge on any atom is -0.481 e. The third kappa shape index (κ3) is 3.88. The molecule has 20 heavy (non-hydrogen) atoms. The van der Waals surface area contributed by atoms with Crippen molar-refractivity contribution in [3.63, 3.8) is 0 Å². The molecule has 0 heterocycles. The Bertz CT molecular complexity index is 527. The van der Waals surface area contributed by atoms with Crippen LogP contribution in [0.2, 0.25) is 0 Å². The molecule has 0 bridgehead atoms. The van der Waals surface area contributed by atoms with E-state index >= 15 is 0 Å². The van der Waals surface area contributed by atoms with Crippen molar-refractivity contribution in [1.82, 2.24) is 5.32 Å². The molecule has 1 unspecified atom stereocenters. The lowest BCUT2D eigenvalue weighted by atomic mass is 9.99. The highest BCUT2D eigenvalue weighted by Gasteiger charge is 2.19. The SMILES string of the molecule is Cc1cc(OC(C)C(=O)NC(N)=O)c(C(C)C)cc1N. The second-order valence-electron chi connectivity index (χ2n) is 5.01. The number of aryl methyl sites for hydroxylation is 1. The van der Waals surface area contributed by atoms with E-state index in [2.05, 4.69) is 0 Å². The van der Waals surface area contributed by atoms with Crippen molar-refractivity contribution in [1.29, 1.82) is 0 Å². The second kappa shape index (κ2) is 6.27. The van der Waals surface area contributed by atoms with Gasteiger partial charge in [-0.15, -0.1) is 0 Å². The number of nitrogens with one attached hydrogen (secondary N) is 1. The van der Waals surface area contributed by atoms with E-state index in [1.165, 1.54) is 0 Å². The summed E-state index contributed by atoms with van der Waals surface area (Å²) in [6.07, 6.45) is -0.831. The number of ether oxygens (including phenoxy) is 1. The van der Waals surface area contributed by atoms with E-state index in [9.17, 15) is 9.59 Å². The summed E-state index contributed by atoms with van der Waals surface area (Å²) in [5, 5.41) is 1.99. The van der Waals surface area contributed by atoms with Gasteiger partial charge in [0, 0.05) is 5.69 Å². The van der Waals surface area contributed by atoms with Crippen LogP contribution in [-0.2, 0) is 4.79 Å². The van der Waals surface area contributed by atoms with Gasteiger partial charge in [-0.1, -0.05) is 13.8 Å². The van der Waals surface area contributed by atoms with Crippen LogP contribution in [0.4, 0.5) is 10.5 Å². The first-order valence-electron chi connectivity index (χ1n) is 6.39. The van der Waals surface area contributed by atoms with Crippen LogP contribution in [0.5, 0.6) is 5.75 Å². The fraction of sp³-hybridized carbons (Fsp3) is 0.429. The summed E-state index contributed by atoms with van der Waals surface area (Å²) in [5.74, 6) is 0.194. The van der Waals surface area contributed by atoms with Crippen molar-refractivity contribution in [3.05, 3.63) is 23.3 Å². The molecule has 1 atom stereocenters. The first kappa shape index (κ1) is 15.8. The van der Waals surface area contributed by atoms with Gasteiger partial charge in [-0.25, -0.2) is 4.79 Å². The number of amides is 3. The minimum atomic E-state index is -0.900. The highest BCUT2D eigenvalue weighted by Crippen LogP contribution is 2.31. The fourth-order valence-electron chi connectivity index (χ4n) is 1.74. The van der Waals surface area contributed by atoms with E-state index in [0.29, 0.717) is 11.4 Å². The maximum Gasteiger partial charge on any atom is 0.318 e. The predicted molar refractivity (Wildman–Crippen MR) is 77.5 cm³/mol. The Balaban J connectivity index is 2.99. The van der Waals surface area contributed by atoms with Gasteiger partial charge < -0.3 is 16.2 Å². The van der Waals surface area contributed by atoms with E-state index in [4.69, 9.17) is 16.2 Å². The van der Waals surface area contributed by atoms with Crippen LogP contribution < -0.4 is 21.5 Å². The van der Waals surface area contributed by atoms with Gasteiger partial charge in [-0.05, 0) is 43.0 Å². The number of carbonyl (C=O) groups is 2. The summed E-state index contributed by atoms with van der Waals surface area (Å²) in [4.78, 5) is 22.3. The van der Waals surface area contributed by atoms with Gasteiger partial charge in [0.2, 0.25) is 0 Å². The first-order valence-corrected chi connectivity index (χ1v) is 6.39. The number of imide groups is 1. The molecule has 5 N–H and O–H groups in total. The Morgan fingerprint density at radius 1 is 1.25 bits per heavy atom. The van der Waals surface area contributed by atoms with Gasteiger partial charge in [0.1, 0.15) is 5.75 Å². The van der Waals surface area contributed by atoms with Gasteiger partial charge in [-0.3, -0.25) is 10.1 Å². The Kier molecular flexibility index (Phi) is 4.96. The maximum atomic E-state index is 11.6. The van der Waals surface area contributed by atoms with Crippen LogP contribution in [0.15, 0.2) is 12.1 Å². The summed E-state index contributed by atoms with van der Waals surface area (Å²) in [5.41, 5.74) is 13.2. The summed E-state index contributed by atoms with van der Waals surface area (Å²) < 4.78 is 5.63. The molecule has 1 aromatic carbocycles. The monoisotopic (exact) mass is 279 g/mol. The van der Waals surface area contributed by atoms with Crippen LogP contribution in [0.25, 0.3) is 0 Å². The van der Waals surface area contributed by atoms with Crippen molar-refractivity contribution in [2.75, 3.05) is 5.73 Å². The molecule has 110 valence electrons. The van der Waals surface area contributed by atoms with Crippen molar-refractivity contribution in [2.45, 2.75) is 39.7 Å². The number of urea groups is 1. The molecule has 0 saturated heterocycles. The standard InChI is InChI=1S/C14H21N3O3/c1-7(2)10-6-11(15)8(3)5-12(10)20-9(4)13(18)17-14(16)19/h5-7,9H,15H2,1-4H3,(H3,16,17,18,19). The molecule has 0 spiro atoms. The molecule has 0 fully saturated rings. The van der Waals surface area contributed by atoms with Crippen LogP contribution in [0.3, 0.4) is 0 Å². The highest BCUT2D eigenvalue weighted by molar-refractivity contribution is 5.95. The summed E-state index contributed by atoms with van der Waals surface area (Å²) in [7, 11) is 0. The molecule has 0 aliphatic heterocycles. The molecular weight excluding hydrogens is 258 g/mol. The zero-order chi connectivity index (χ0) is 15.4.